The quantitative estimate of drug-likeness (QED) is 0.712. The van der Waals surface area contributed by atoms with Gasteiger partial charge in [0.1, 0.15) is 5.54 Å². The normalized spacial score (nSPS) is 21.5. The molecule has 0 bridgehead atoms. The van der Waals surface area contributed by atoms with Gasteiger partial charge in [-0.1, -0.05) is 45.4 Å². The Labute approximate surface area is 92.0 Å². The van der Waals surface area contributed by atoms with Crippen molar-refractivity contribution in [2.75, 3.05) is 0 Å². The van der Waals surface area contributed by atoms with Crippen molar-refractivity contribution in [1.29, 1.82) is 0 Å². The van der Waals surface area contributed by atoms with E-state index in [2.05, 4.69) is 6.92 Å². The fraction of sp³-hybridized carbons (Fsp3) is 0.917. The van der Waals surface area contributed by atoms with Crippen LogP contribution in [0.25, 0.3) is 0 Å². The Kier molecular flexibility index (Phi) is 4.58. The Morgan fingerprint density at radius 2 is 2.07 bits per heavy atom. The number of nitrogens with two attached hydrogens (primary N) is 1. The second-order valence-electron chi connectivity index (χ2n) is 4.92. The molecule has 0 amide bonds. The van der Waals surface area contributed by atoms with Crippen molar-refractivity contribution in [1.82, 2.24) is 0 Å². The van der Waals surface area contributed by atoms with Crippen LogP contribution in [0.4, 0.5) is 0 Å². The van der Waals surface area contributed by atoms with Gasteiger partial charge in [-0.15, -0.1) is 0 Å². The maximum atomic E-state index is 11.2. The van der Waals surface area contributed by atoms with E-state index in [1.54, 1.807) is 0 Å². The lowest BCUT2D eigenvalue weighted by molar-refractivity contribution is -0.144. The highest BCUT2D eigenvalue weighted by Gasteiger charge is 2.36. The van der Waals surface area contributed by atoms with Crippen molar-refractivity contribution in [2.24, 2.45) is 11.7 Å². The molecule has 0 aromatic carbocycles. The SMILES string of the molecule is CCCC[C@@](N)(CC1CCCC1)C(=O)O. The molecule has 0 saturated heterocycles. The Hall–Kier alpha value is -0.570. The molecule has 0 radical (unpaired) electrons. The van der Waals surface area contributed by atoms with E-state index in [1.807, 2.05) is 0 Å². The zero-order valence-corrected chi connectivity index (χ0v) is 9.67. The zero-order valence-electron chi connectivity index (χ0n) is 9.67. The molecule has 1 saturated carbocycles. The van der Waals surface area contributed by atoms with Gasteiger partial charge in [0.05, 0.1) is 0 Å². The van der Waals surface area contributed by atoms with Gasteiger partial charge in [-0.3, -0.25) is 4.79 Å². The first kappa shape index (κ1) is 12.5. The molecule has 15 heavy (non-hydrogen) atoms. The van der Waals surface area contributed by atoms with Crippen molar-refractivity contribution in [3.05, 3.63) is 0 Å². The third-order valence-corrected chi connectivity index (χ3v) is 3.53. The molecule has 1 rings (SSSR count). The summed E-state index contributed by atoms with van der Waals surface area (Å²) < 4.78 is 0. The predicted molar refractivity (Wildman–Crippen MR) is 60.7 cm³/mol. The third-order valence-electron chi connectivity index (χ3n) is 3.53. The van der Waals surface area contributed by atoms with Crippen LogP contribution in [0.3, 0.4) is 0 Å². The first-order chi connectivity index (χ1) is 7.08. The Morgan fingerprint density at radius 3 is 2.53 bits per heavy atom. The summed E-state index contributed by atoms with van der Waals surface area (Å²) in [5.74, 6) is -0.272. The highest BCUT2D eigenvalue weighted by Crippen LogP contribution is 2.33. The van der Waals surface area contributed by atoms with Gasteiger partial charge in [0.2, 0.25) is 0 Å². The van der Waals surface area contributed by atoms with Crippen LogP contribution >= 0.6 is 0 Å². The van der Waals surface area contributed by atoms with Crippen molar-refractivity contribution in [2.45, 2.75) is 63.8 Å². The molecule has 3 N–H and O–H groups in total. The van der Waals surface area contributed by atoms with Gasteiger partial charge >= 0.3 is 5.97 Å². The average Bonchev–Trinajstić information content (AvgIpc) is 2.67. The minimum Gasteiger partial charge on any atom is -0.480 e. The third kappa shape index (κ3) is 3.49. The van der Waals surface area contributed by atoms with Crippen LogP contribution in [0.15, 0.2) is 0 Å². The minimum absolute atomic E-state index is 0.544. The number of carbonyl (C=O) groups is 1. The molecule has 0 spiro atoms. The van der Waals surface area contributed by atoms with Gasteiger partial charge in [0.25, 0.3) is 0 Å². The van der Waals surface area contributed by atoms with E-state index in [0.717, 1.165) is 12.8 Å². The topological polar surface area (TPSA) is 63.3 Å². The van der Waals surface area contributed by atoms with E-state index in [4.69, 9.17) is 5.73 Å². The fourth-order valence-electron chi connectivity index (χ4n) is 2.52. The van der Waals surface area contributed by atoms with Crippen molar-refractivity contribution in [3.8, 4) is 0 Å². The highest BCUT2D eigenvalue weighted by atomic mass is 16.4. The van der Waals surface area contributed by atoms with Crippen molar-refractivity contribution >= 4 is 5.97 Å². The van der Waals surface area contributed by atoms with E-state index in [9.17, 15) is 9.90 Å². The van der Waals surface area contributed by atoms with Crippen molar-refractivity contribution < 1.29 is 9.90 Å². The molecule has 1 fully saturated rings. The van der Waals surface area contributed by atoms with Gasteiger partial charge in [-0.05, 0) is 18.8 Å². The molecule has 1 aliphatic carbocycles. The number of carboxylic acid groups (broad SMARTS) is 1. The summed E-state index contributed by atoms with van der Waals surface area (Å²) in [4.78, 5) is 11.2. The van der Waals surface area contributed by atoms with Crippen LogP contribution in [0.2, 0.25) is 0 Å². The molecule has 0 aliphatic heterocycles. The lowest BCUT2D eigenvalue weighted by Crippen LogP contribution is -2.49. The number of unbranched alkanes of at least 4 members (excludes halogenated alkanes) is 1. The smallest absolute Gasteiger partial charge is 0.323 e. The maximum absolute atomic E-state index is 11.2. The van der Waals surface area contributed by atoms with Gasteiger partial charge in [0, 0.05) is 0 Å². The highest BCUT2D eigenvalue weighted by molar-refractivity contribution is 5.78. The van der Waals surface area contributed by atoms with E-state index in [0.29, 0.717) is 18.8 Å². The van der Waals surface area contributed by atoms with Crippen LogP contribution < -0.4 is 5.73 Å². The number of aliphatic carboxylic acids is 1. The monoisotopic (exact) mass is 213 g/mol. The van der Waals surface area contributed by atoms with Crippen LogP contribution in [0.1, 0.15) is 58.3 Å². The van der Waals surface area contributed by atoms with Gasteiger partial charge in [-0.25, -0.2) is 0 Å². The van der Waals surface area contributed by atoms with Gasteiger partial charge < -0.3 is 10.8 Å². The molecule has 0 aromatic heterocycles. The van der Waals surface area contributed by atoms with Crippen LogP contribution in [-0.4, -0.2) is 16.6 Å². The van der Waals surface area contributed by atoms with E-state index in [-0.39, 0.29) is 0 Å². The van der Waals surface area contributed by atoms with E-state index >= 15 is 0 Å². The average molecular weight is 213 g/mol. The molecule has 88 valence electrons. The molecule has 0 unspecified atom stereocenters. The summed E-state index contributed by atoms with van der Waals surface area (Å²) in [7, 11) is 0. The number of carboxylic acids is 1. The van der Waals surface area contributed by atoms with Gasteiger partial charge in [0.15, 0.2) is 0 Å². The fourth-order valence-corrected chi connectivity index (χ4v) is 2.52. The summed E-state index contributed by atoms with van der Waals surface area (Å²) in [5.41, 5.74) is 5.04. The summed E-state index contributed by atoms with van der Waals surface area (Å²) >= 11 is 0. The van der Waals surface area contributed by atoms with E-state index in [1.165, 1.54) is 25.7 Å². The molecule has 1 aliphatic rings. The Balaban J connectivity index is 2.51. The van der Waals surface area contributed by atoms with Crippen molar-refractivity contribution in [3.63, 3.8) is 0 Å². The standard InChI is InChI=1S/C12H23NO2/c1-2-3-8-12(13,11(14)15)9-10-6-4-5-7-10/h10H,2-9,13H2,1H3,(H,14,15)/t12-/m1/s1. The molecule has 3 heteroatoms. The first-order valence-electron chi connectivity index (χ1n) is 6.11. The van der Waals surface area contributed by atoms with E-state index < -0.39 is 11.5 Å². The lowest BCUT2D eigenvalue weighted by atomic mass is 9.83. The summed E-state index contributed by atoms with van der Waals surface area (Å²) in [6.45, 7) is 2.07. The second kappa shape index (κ2) is 5.50. The Morgan fingerprint density at radius 1 is 1.47 bits per heavy atom. The largest absolute Gasteiger partial charge is 0.480 e. The molecule has 0 heterocycles. The molecule has 0 aromatic rings. The molecular weight excluding hydrogens is 190 g/mol. The minimum atomic E-state index is -0.967. The lowest BCUT2D eigenvalue weighted by Gasteiger charge is -2.27. The second-order valence-corrected chi connectivity index (χ2v) is 4.92. The Bertz CT molecular complexity index is 212. The zero-order chi connectivity index (χ0) is 11.3. The maximum Gasteiger partial charge on any atom is 0.323 e. The summed E-state index contributed by atoms with van der Waals surface area (Å²) in [5, 5.41) is 9.19. The molecule has 3 nitrogen and oxygen atoms in total. The number of hydrogen-bond acceptors (Lipinski definition) is 2. The summed E-state index contributed by atoms with van der Waals surface area (Å²) in [6, 6.07) is 0. The number of hydrogen-bond donors (Lipinski definition) is 2. The summed E-state index contributed by atoms with van der Waals surface area (Å²) in [6.07, 6.45) is 8.03. The van der Waals surface area contributed by atoms with Crippen LogP contribution in [0.5, 0.6) is 0 Å². The van der Waals surface area contributed by atoms with Gasteiger partial charge in [-0.2, -0.15) is 0 Å². The first-order valence-corrected chi connectivity index (χ1v) is 6.11. The predicted octanol–water partition coefficient (Wildman–Crippen LogP) is 2.54. The number of rotatable bonds is 6. The van der Waals surface area contributed by atoms with Crippen LogP contribution in [0, 0.1) is 5.92 Å². The molecule has 1 atom stereocenters. The van der Waals surface area contributed by atoms with Crippen LogP contribution in [-0.2, 0) is 4.79 Å². The molecular formula is C12H23NO2.